The molecule has 0 aliphatic carbocycles. The maximum Gasteiger partial charge on any atom is 0.110 e. The Morgan fingerprint density at radius 1 is 1.44 bits per heavy atom. The van der Waals surface area contributed by atoms with Gasteiger partial charge in [0.15, 0.2) is 0 Å². The Morgan fingerprint density at radius 2 is 2.28 bits per heavy atom. The summed E-state index contributed by atoms with van der Waals surface area (Å²) in [4.78, 5) is 8.95. The fourth-order valence-corrected chi connectivity index (χ4v) is 2.88. The van der Waals surface area contributed by atoms with Crippen LogP contribution in [0, 0.1) is 6.92 Å². The third-order valence-corrected chi connectivity index (χ3v) is 4.06. The van der Waals surface area contributed by atoms with Crippen molar-refractivity contribution in [3.63, 3.8) is 0 Å². The molecule has 0 aromatic carbocycles. The van der Waals surface area contributed by atoms with E-state index in [1.807, 2.05) is 26.4 Å². The van der Waals surface area contributed by atoms with E-state index in [0.717, 1.165) is 30.9 Å². The quantitative estimate of drug-likeness (QED) is 0.868. The molecule has 2 rings (SSSR count). The Bertz CT molecular complexity index is 489. The first-order chi connectivity index (χ1) is 8.72. The van der Waals surface area contributed by atoms with Gasteiger partial charge in [0.1, 0.15) is 5.82 Å². The van der Waals surface area contributed by atoms with Crippen LogP contribution in [0.3, 0.4) is 0 Å². The van der Waals surface area contributed by atoms with Crippen LogP contribution in [0.25, 0.3) is 0 Å². The summed E-state index contributed by atoms with van der Waals surface area (Å²) in [5.74, 6) is 1.14. The average Bonchev–Trinajstić information content (AvgIpc) is 2.97. The van der Waals surface area contributed by atoms with Crippen molar-refractivity contribution in [2.75, 3.05) is 7.05 Å². The van der Waals surface area contributed by atoms with Crippen molar-refractivity contribution >= 4 is 11.3 Å². The lowest BCUT2D eigenvalue weighted by Gasteiger charge is -2.15. The van der Waals surface area contributed by atoms with Gasteiger partial charge in [-0.15, -0.1) is 11.3 Å². The second-order valence-electron chi connectivity index (χ2n) is 4.41. The highest BCUT2D eigenvalue weighted by Gasteiger charge is 2.13. The number of nitrogens with one attached hydrogen (secondary N) is 1. The third kappa shape index (κ3) is 3.17. The Hall–Kier alpha value is -1.20. The lowest BCUT2D eigenvalue weighted by atomic mass is 10.1. The van der Waals surface area contributed by atoms with Crippen molar-refractivity contribution in [1.82, 2.24) is 19.9 Å². The zero-order valence-electron chi connectivity index (χ0n) is 11.2. The summed E-state index contributed by atoms with van der Waals surface area (Å²) in [5.41, 5.74) is 1.11. The predicted molar refractivity (Wildman–Crippen MR) is 75.0 cm³/mol. The van der Waals surface area contributed by atoms with E-state index in [1.54, 1.807) is 11.3 Å². The monoisotopic (exact) mass is 264 g/mol. The van der Waals surface area contributed by atoms with Gasteiger partial charge in [0.25, 0.3) is 0 Å². The molecule has 5 heteroatoms. The van der Waals surface area contributed by atoms with Crippen LogP contribution in [0.4, 0.5) is 0 Å². The van der Waals surface area contributed by atoms with E-state index in [-0.39, 0.29) is 0 Å². The molecule has 0 radical (unpaired) electrons. The van der Waals surface area contributed by atoms with Crippen molar-refractivity contribution in [3.05, 3.63) is 34.3 Å². The Balaban J connectivity index is 2.01. The van der Waals surface area contributed by atoms with Crippen LogP contribution in [0.2, 0.25) is 0 Å². The van der Waals surface area contributed by atoms with Gasteiger partial charge in [0, 0.05) is 48.9 Å². The minimum absolute atomic E-state index is 0.392. The molecule has 1 N–H and O–H groups in total. The highest BCUT2D eigenvalue weighted by molar-refractivity contribution is 7.09. The summed E-state index contributed by atoms with van der Waals surface area (Å²) in [7, 11) is 2.00. The van der Waals surface area contributed by atoms with Crippen LogP contribution in [0.1, 0.15) is 23.4 Å². The fourth-order valence-electron chi connectivity index (χ4n) is 2.02. The minimum Gasteiger partial charge on any atom is -0.335 e. The summed E-state index contributed by atoms with van der Waals surface area (Å²) < 4.78 is 2.19. The summed E-state index contributed by atoms with van der Waals surface area (Å²) >= 11 is 1.74. The van der Waals surface area contributed by atoms with Crippen LogP contribution in [0.5, 0.6) is 0 Å². The summed E-state index contributed by atoms with van der Waals surface area (Å²) in [6.07, 6.45) is 5.82. The van der Waals surface area contributed by atoms with Gasteiger partial charge in [-0.2, -0.15) is 0 Å². The second-order valence-corrected chi connectivity index (χ2v) is 5.35. The van der Waals surface area contributed by atoms with Crippen molar-refractivity contribution < 1.29 is 0 Å². The number of thiazole rings is 1. The van der Waals surface area contributed by atoms with E-state index >= 15 is 0 Å². The molecule has 4 nitrogen and oxygen atoms in total. The van der Waals surface area contributed by atoms with Crippen molar-refractivity contribution in [1.29, 1.82) is 0 Å². The number of hydrogen-bond acceptors (Lipinski definition) is 4. The first-order valence-corrected chi connectivity index (χ1v) is 7.19. The lowest BCUT2D eigenvalue weighted by Crippen LogP contribution is -2.31. The highest BCUT2D eigenvalue weighted by Crippen LogP contribution is 2.13. The Morgan fingerprint density at radius 3 is 2.89 bits per heavy atom. The van der Waals surface area contributed by atoms with Crippen molar-refractivity contribution in [2.24, 2.45) is 0 Å². The van der Waals surface area contributed by atoms with Crippen LogP contribution >= 0.6 is 11.3 Å². The van der Waals surface area contributed by atoms with E-state index in [1.165, 1.54) is 5.01 Å². The molecule has 0 amide bonds. The largest absolute Gasteiger partial charge is 0.335 e. The zero-order chi connectivity index (χ0) is 13.0. The van der Waals surface area contributed by atoms with E-state index in [0.29, 0.717) is 6.04 Å². The Kier molecular flexibility index (Phi) is 4.49. The number of nitrogens with zero attached hydrogens (tertiary/aromatic N) is 3. The zero-order valence-corrected chi connectivity index (χ0v) is 12.0. The molecule has 2 aromatic rings. The number of rotatable bonds is 6. The number of aryl methyl sites for hydroxylation is 2. The molecule has 1 unspecified atom stereocenters. The fraction of sp³-hybridized carbons (Fsp3) is 0.538. The lowest BCUT2D eigenvalue weighted by molar-refractivity contribution is 0.525. The van der Waals surface area contributed by atoms with Crippen molar-refractivity contribution in [3.8, 4) is 0 Å². The van der Waals surface area contributed by atoms with Crippen LogP contribution in [-0.2, 0) is 19.4 Å². The van der Waals surface area contributed by atoms with Gasteiger partial charge in [-0.1, -0.05) is 0 Å². The van der Waals surface area contributed by atoms with Gasteiger partial charge >= 0.3 is 0 Å². The van der Waals surface area contributed by atoms with E-state index in [4.69, 9.17) is 0 Å². The van der Waals surface area contributed by atoms with Gasteiger partial charge in [0.05, 0.1) is 5.01 Å². The Labute approximate surface area is 112 Å². The third-order valence-electron chi connectivity index (χ3n) is 3.07. The number of likely N-dealkylation sites (N-methyl/N-ethyl adjacent to an activating group) is 1. The molecule has 0 aliphatic rings. The first kappa shape index (κ1) is 13.2. The van der Waals surface area contributed by atoms with Crippen LogP contribution < -0.4 is 5.32 Å². The van der Waals surface area contributed by atoms with Gasteiger partial charge in [-0.05, 0) is 20.9 Å². The number of hydrogen-bond donors (Lipinski definition) is 1. The highest BCUT2D eigenvalue weighted by atomic mass is 32.1. The summed E-state index contributed by atoms with van der Waals surface area (Å²) in [6.45, 7) is 5.16. The standard InChI is InChI=1S/C13H20N4S/c1-4-17-6-5-15-12(17)7-11(14-3)8-13-16-10(2)9-18-13/h5-6,9,11,14H,4,7-8H2,1-3H3. The molecule has 2 heterocycles. The normalized spacial score (nSPS) is 12.8. The molecule has 0 saturated heterocycles. The number of imidazole rings is 1. The maximum atomic E-state index is 4.52. The van der Waals surface area contributed by atoms with Gasteiger partial charge in [0.2, 0.25) is 0 Å². The topological polar surface area (TPSA) is 42.7 Å². The smallest absolute Gasteiger partial charge is 0.110 e. The van der Waals surface area contributed by atoms with Crippen LogP contribution in [-0.4, -0.2) is 27.6 Å². The molecule has 98 valence electrons. The SMILES string of the molecule is CCn1ccnc1CC(Cc1nc(C)cs1)NC. The molecular weight excluding hydrogens is 244 g/mol. The number of aromatic nitrogens is 3. The van der Waals surface area contributed by atoms with E-state index < -0.39 is 0 Å². The molecule has 0 spiro atoms. The second kappa shape index (κ2) is 6.11. The van der Waals surface area contributed by atoms with Gasteiger partial charge in [-0.25, -0.2) is 9.97 Å². The molecule has 18 heavy (non-hydrogen) atoms. The van der Waals surface area contributed by atoms with Crippen LogP contribution in [0.15, 0.2) is 17.8 Å². The molecule has 1 atom stereocenters. The van der Waals surface area contributed by atoms with E-state index in [2.05, 4.69) is 32.2 Å². The summed E-state index contributed by atoms with van der Waals surface area (Å²) in [5, 5.41) is 6.66. The summed E-state index contributed by atoms with van der Waals surface area (Å²) in [6, 6.07) is 0.392. The maximum absolute atomic E-state index is 4.52. The predicted octanol–water partition coefficient (Wildman–Crippen LogP) is 2.04. The van der Waals surface area contributed by atoms with Gasteiger partial charge in [-0.3, -0.25) is 0 Å². The van der Waals surface area contributed by atoms with E-state index in [9.17, 15) is 0 Å². The minimum atomic E-state index is 0.392. The molecular formula is C13H20N4S. The molecule has 0 fully saturated rings. The van der Waals surface area contributed by atoms with Crippen molar-refractivity contribution in [2.45, 2.75) is 39.3 Å². The molecule has 0 bridgehead atoms. The molecule has 0 saturated carbocycles. The first-order valence-electron chi connectivity index (χ1n) is 6.31. The average molecular weight is 264 g/mol. The molecule has 2 aromatic heterocycles. The van der Waals surface area contributed by atoms with Gasteiger partial charge < -0.3 is 9.88 Å². The molecule has 0 aliphatic heterocycles.